The van der Waals surface area contributed by atoms with Gasteiger partial charge in [0.1, 0.15) is 5.75 Å². The van der Waals surface area contributed by atoms with Gasteiger partial charge in [-0.3, -0.25) is 4.79 Å². The highest BCUT2D eigenvalue weighted by Crippen LogP contribution is 2.23. The maximum absolute atomic E-state index is 12.9. The Kier molecular flexibility index (Phi) is 7.50. The van der Waals surface area contributed by atoms with Crippen LogP contribution < -0.4 is 10.1 Å². The lowest BCUT2D eigenvalue weighted by Crippen LogP contribution is -2.33. The van der Waals surface area contributed by atoms with Crippen molar-refractivity contribution in [2.45, 2.75) is 57.0 Å². The summed E-state index contributed by atoms with van der Waals surface area (Å²) in [5, 5.41) is 2.83. The first-order chi connectivity index (χ1) is 14.4. The van der Waals surface area contributed by atoms with Crippen LogP contribution in [-0.4, -0.2) is 37.8 Å². The van der Waals surface area contributed by atoms with E-state index in [1.165, 1.54) is 0 Å². The number of nitrogens with zero attached hydrogens (tertiary/aromatic N) is 1. The molecule has 1 saturated heterocycles. The van der Waals surface area contributed by atoms with Gasteiger partial charge < -0.3 is 10.1 Å². The summed E-state index contributed by atoms with van der Waals surface area (Å²) in [5.74, 6) is 0.419. The molecule has 162 valence electrons. The predicted molar refractivity (Wildman–Crippen MR) is 118 cm³/mol. The molecule has 0 aliphatic carbocycles. The highest BCUT2D eigenvalue weighted by molar-refractivity contribution is 7.89. The summed E-state index contributed by atoms with van der Waals surface area (Å²) in [5.41, 5.74) is 1.51. The van der Waals surface area contributed by atoms with Crippen LogP contribution in [0.1, 0.15) is 44.6 Å². The zero-order valence-electron chi connectivity index (χ0n) is 17.6. The van der Waals surface area contributed by atoms with Crippen LogP contribution in [0.15, 0.2) is 53.4 Å². The fourth-order valence-corrected chi connectivity index (χ4v) is 5.05. The molecule has 0 aromatic heterocycles. The molecular formula is C23H30N2O4S. The standard InChI is InChI=1S/C23H30N2O4S/c1-3-21(29-22-11-7-6-10-18(22)2)23(26)24-19-12-14-20(15-13-19)30(27,28)25-16-8-4-5-9-17-25/h6-7,10-15,21H,3-5,8-9,16-17H2,1-2H3,(H,24,26). The Morgan fingerprint density at radius 3 is 2.27 bits per heavy atom. The number of carbonyl (C=O) groups is 1. The molecule has 0 bridgehead atoms. The lowest BCUT2D eigenvalue weighted by molar-refractivity contribution is -0.122. The molecule has 3 rings (SSSR count). The summed E-state index contributed by atoms with van der Waals surface area (Å²) in [6.07, 6.45) is 3.81. The Labute approximate surface area is 179 Å². The normalized spacial score (nSPS) is 16.5. The Hall–Kier alpha value is -2.38. The Morgan fingerprint density at radius 1 is 1.03 bits per heavy atom. The minimum Gasteiger partial charge on any atom is -0.480 e. The highest BCUT2D eigenvalue weighted by atomic mass is 32.2. The van der Waals surface area contributed by atoms with E-state index in [1.807, 2.05) is 38.1 Å². The van der Waals surface area contributed by atoms with Crippen LogP contribution >= 0.6 is 0 Å². The molecule has 2 aromatic rings. The van der Waals surface area contributed by atoms with E-state index in [4.69, 9.17) is 4.74 Å². The number of hydrogen-bond donors (Lipinski definition) is 1. The number of amides is 1. The summed E-state index contributed by atoms with van der Waals surface area (Å²) in [6.45, 7) is 4.95. The number of sulfonamides is 1. The Morgan fingerprint density at radius 2 is 1.67 bits per heavy atom. The monoisotopic (exact) mass is 430 g/mol. The molecule has 0 radical (unpaired) electrons. The number of carbonyl (C=O) groups excluding carboxylic acids is 1. The molecule has 1 aliphatic rings. The lowest BCUT2D eigenvalue weighted by Gasteiger charge is -2.20. The first-order valence-corrected chi connectivity index (χ1v) is 12.0. The van der Waals surface area contributed by atoms with Gasteiger partial charge >= 0.3 is 0 Å². The fraction of sp³-hybridized carbons (Fsp3) is 0.435. The van der Waals surface area contributed by atoms with Crippen LogP contribution in [0.25, 0.3) is 0 Å². The predicted octanol–water partition coefficient (Wildman–Crippen LogP) is 4.36. The van der Waals surface area contributed by atoms with E-state index in [9.17, 15) is 13.2 Å². The summed E-state index contributed by atoms with van der Waals surface area (Å²) < 4.78 is 33.2. The number of rotatable bonds is 7. The van der Waals surface area contributed by atoms with Gasteiger partial charge in [0.15, 0.2) is 6.10 Å². The summed E-state index contributed by atoms with van der Waals surface area (Å²) in [6, 6.07) is 13.9. The maximum Gasteiger partial charge on any atom is 0.265 e. The van der Waals surface area contributed by atoms with Crippen molar-refractivity contribution in [1.82, 2.24) is 4.31 Å². The number of benzene rings is 2. The van der Waals surface area contributed by atoms with Gasteiger partial charge in [0.05, 0.1) is 4.90 Å². The van der Waals surface area contributed by atoms with Crippen molar-refractivity contribution < 1.29 is 17.9 Å². The Balaban J connectivity index is 1.67. The third kappa shape index (κ3) is 5.40. The zero-order chi connectivity index (χ0) is 21.6. The van der Waals surface area contributed by atoms with Gasteiger partial charge in [-0.05, 0) is 62.1 Å². The number of nitrogens with one attached hydrogen (secondary N) is 1. The van der Waals surface area contributed by atoms with Crippen LogP contribution in [-0.2, 0) is 14.8 Å². The second-order valence-corrected chi connectivity index (χ2v) is 9.55. The van der Waals surface area contributed by atoms with E-state index >= 15 is 0 Å². The quantitative estimate of drug-likeness (QED) is 0.708. The summed E-state index contributed by atoms with van der Waals surface area (Å²) in [4.78, 5) is 12.9. The highest BCUT2D eigenvalue weighted by Gasteiger charge is 2.25. The van der Waals surface area contributed by atoms with Crippen molar-refractivity contribution >= 4 is 21.6 Å². The van der Waals surface area contributed by atoms with Gasteiger partial charge in [-0.1, -0.05) is 38.0 Å². The van der Waals surface area contributed by atoms with E-state index in [-0.39, 0.29) is 10.8 Å². The van der Waals surface area contributed by atoms with Crippen molar-refractivity contribution in [3.63, 3.8) is 0 Å². The van der Waals surface area contributed by atoms with Crippen molar-refractivity contribution in [1.29, 1.82) is 0 Å². The summed E-state index contributed by atoms with van der Waals surface area (Å²) >= 11 is 0. The molecule has 1 heterocycles. The first kappa shape index (κ1) is 22.3. The minimum absolute atomic E-state index is 0.255. The smallest absolute Gasteiger partial charge is 0.265 e. The van der Waals surface area contributed by atoms with E-state index in [0.717, 1.165) is 31.2 Å². The molecule has 1 fully saturated rings. The fourth-order valence-electron chi connectivity index (χ4n) is 3.53. The molecule has 1 N–H and O–H groups in total. The SMILES string of the molecule is CCC(Oc1ccccc1C)C(=O)Nc1ccc(S(=O)(=O)N2CCCCCC2)cc1. The third-order valence-electron chi connectivity index (χ3n) is 5.35. The van der Waals surface area contributed by atoms with E-state index in [1.54, 1.807) is 28.6 Å². The van der Waals surface area contributed by atoms with Crippen molar-refractivity contribution in [2.75, 3.05) is 18.4 Å². The number of ether oxygens (including phenoxy) is 1. The molecule has 7 heteroatoms. The molecule has 0 saturated carbocycles. The van der Waals surface area contributed by atoms with Crippen LogP contribution in [0.5, 0.6) is 5.75 Å². The molecule has 0 spiro atoms. The number of anilines is 1. The molecule has 1 aliphatic heterocycles. The van der Waals surface area contributed by atoms with Crippen molar-refractivity contribution in [3.05, 3.63) is 54.1 Å². The van der Waals surface area contributed by atoms with Crippen molar-refractivity contribution in [3.8, 4) is 5.75 Å². The second-order valence-electron chi connectivity index (χ2n) is 7.61. The van der Waals surface area contributed by atoms with Gasteiger partial charge in [-0.25, -0.2) is 8.42 Å². The second kappa shape index (κ2) is 10.1. The third-order valence-corrected chi connectivity index (χ3v) is 7.26. The maximum atomic E-state index is 12.9. The molecular weight excluding hydrogens is 400 g/mol. The molecule has 1 unspecified atom stereocenters. The van der Waals surface area contributed by atoms with Crippen LogP contribution in [0.4, 0.5) is 5.69 Å². The van der Waals surface area contributed by atoms with E-state index < -0.39 is 16.1 Å². The van der Waals surface area contributed by atoms with Gasteiger partial charge in [0.2, 0.25) is 10.0 Å². The summed E-state index contributed by atoms with van der Waals surface area (Å²) in [7, 11) is -3.50. The van der Waals surface area contributed by atoms with Crippen LogP contribution in [0, 0.1) is 6.92 Å². The number of para-hydroxylation sites is 1. The van der Waals surface area contributed by atoms with Gasteiger partial charge in [-0.2, -0.15) is 4.31 Å². The van der Waals surface area contributed by atoms with Gasteiger partial charge in [0, 0.05) is 18.8 Å². The largest absolute Gasteiger partial charge is 0.480 e. The number of aryl methyl sites for hydroxylation is 1. The van der Waals surface area contributed by atoms with Crippen LogP contribution in [0.2, 0.25) is 0 Å². The van der Waals surface area contributed by atoms with Crippen molar-refractivity contribution in [2.24, 2.45) is 0 Å². The zero-order valence-corrected chi connectivity index (χ0v) is 18.5. The molecule has 30 heavy (non-hydrogen) atoms. The molecule has 6 nitrogen and oxygen atoms in total. The molecule has 1 atom stereocenters. The molecule has 1 amide bonds. The van der Waals surface area contributed by atoms with Crippen LogP contribution in [0.3, 0.4) is 0 Å². The average molecular weight is 431 g/mol. The number of hydrogen-bond acceptors (Lipinski definition) is 4. The molecule has 2 aromatic carbocycles. The van der Waals surface area contributed by atoms with Gasteiger partial charge in [-0.15, -0.1) is 0 Å². The average Bonchev–Trinajstić information content (AvgIpc) is 3.04. The van der Waals surface area contributed by atoms with E-state index in [2.05, 4.69) is 5.32 Å². The topological polar surface area (TPSA) is 75.7 Å². The Bertz CT molecular complexity index is 949. The minimum atomic E-state index is -3.50. The first-order valence-electron chi connectivity index (χ1n) is 10.5. The van der Waals surface area contributed by atoms with Gasteiger partial charge in [0.25, 0.3) is 5.91 Å². The lowest BCUT2D eigenvalue weighted by atomic mass is 10.2. The van der Waals surface area contributed by atoms with E-state index in [0.29, 0.717) is 30.9 Å².